The van der Waals surface area contributed by atoms with E-state index in [2.05, 4.69) is 10.2 Å². The number of para-hydroxylation sites is 1. The number of halogens is 1. The van der Waals surface area contributed by atoms with Crippen molar-refractivity contribution >= 4 is 15.7 Å². The normalized spacial score (nSPS) is 17.5. The predicted molar refractivity (Wildman–Crippen MR) is 114 cm³/mol. The smallest absolute Gasteiger partial charge is 0.272 e. The van der Waals surface area contributed by atoms with Gasteiger partial charge in [0, 0.05) is 18.2 Å². The molecule has 0 spiro atoms. The number of carbonyl (C=O) groups excluding carboxylic acids is 1. The van der Waals surface area contributed by atoms with Gasteiger partial charge in [0.1, 0.15) is 17.3 Å². The number of rotatable bonds is 5. The second-order valence-electron chi connectivity index (χ2n) is 7.75. The summed E-state index contributed by atoms with van der Waals surface area (Å²) in [6.45, 7) is 1.91. The van der Waals surface area contributed by atoms with Crippen molar-refractivity contribution in [1.82, 2.24) is 15.1 Å². The molecule has 1 atom stereocenters. The van der Waals surface area contributed by atoms with Gasteiger partial charge in [-0.25, -0.2) is 12.8 Å². The van der Waals surface area contributed by atoms with Crippen molar-refractivity contribution in [2.45, 2.75) is 25.9 Å². The van der Waals surface area contributed by atoms with Crippen LogP contribution in [0.1, 0.15) is 28.0 Å². The highest BCUT2D eigenvalue weighted by molar-refractivity contribution is 7.91. The molecule has 1 saturated heterocycles. The quantitative estimate of drug-likeness (QED) is 0.631. The number of nitrogens with one attached hydrogen (secondary N) is 1. The lowest BCUT2D eigenvalue weighted by Gasteiger charge is -2.28. The monoisotopic (exact) mass is 443 g/mol. The molecule has 1 unspecified atom stereocenters. The molecule has 3 aromatic rings. The number of phenolic OH excluding ortho intramolecular Hbond substituents is 1. The molecule has 162 valence electrons. The van der Waals surface area contributed by atoms with E-state index >= 15 is 0 Å². The highest BCUT2D eigenvalue weighted by atomic mass is 32.2. The van der Waals surface area contributed by atoms with Crippen molar-refractivity contribution in [3.05, 3.63) is 71.2 Å². The molecule has 31 heavy (non-hydrogen) atoms. The maximum Gasteiger partial charge on any atom is 0.272 e. The molecule has 9 heteroatoms. The number of nitrogens with zero attached hydrogens (tertiary/aromatic N) is 2. The first-order valence-corrected chi connectivity index (χ1v) is 11.7. The second-order valence-corrected chi connectivity index (χ2v) is 9.98. The summed E-state index contributed by atoms with van der Waals surface area (Å²) in [7, 11) is -3.22. The molecule has 1 aliphatic rings. The Balaban J connectivity index is 1.65. The maximum atomic E-state index is 13.3. The number of aromatic nitrogens is 2. The zero-order valence-electron chi connectivity index (χ0n) is 16.9. The van der Waals surface area contributed by atoms with Crippen molar-refractivity contribution in [3.8, 4) is 17.0 Å². The molecular formula is C22H22FN3O4S. The number of sulfone groups is 1. The number of hydrogen-bond acceptors (Lipinski definition) is 5. The molecule has 4 rings (SSSR count). The summed E-state index contributed by atoms with van der Waals surface area (Å²) in [5, 5.41) is 17.2. The van der Waals surface area contributed by atoms with Gasteiger partial charge in [-0.1, -0.05) is 24.3 Å². The number of H-pyrrole nitrogens is 1. The lowest BCUT2D eigenvalue weighted by Crippen LogP contribution is -2.40. The van der Waals surface area contributed by atoms with Gasteiger partial charge in [-0.3, -0.25) is 9.89 Å². The van der Waals surface area contributed by atoms with E-state index in [1.165, 1.54) is 23.1 Å². The van der Waals surface area contributed by atoms with E-state index in [0.29, 0.717) is 28.8 Å². The third-order valence-corrected chi connectivity index (χ3v) is 7.25. The predicted octanol–water partition coefficient (Wildman–Crippen LogP) is 3.06. The Bertz CT molecular complexity index is 1220. The molecule has 1 aromatic heterocycles. The van der Waals surface area contributed by atoms with E-state index in [-0.39, 0.29) is 35.3 Å². The van der Waals surface area contributed by atoms with Gasteiger partial charge >= 0.3 is 0 Å². The molecule has 1 amide bonds. The van der Waals surface area contributed by atoms with Gasteiger partial charge in [0.25, 0.3) is 5.91 Å². The Morgan fingerprint density at radius 1 is 1.26 bits per heavy atom. The van der Waals surface area contributed by atoms with Crippen LogP contribution in [0.4, 0.5) is 4.39 Å². The summed E-state index contributed by atoms with van der Waals surface area (Å²) in [4.78, 5) is 14.8. The Morgan fingerprint density at radius 3 is 2.68 bits per heavy atom. The Labute approximate surface area is 179 Å². The number of aromatic hydroxyl groups is 1. The van der Waals surface area contributed by atoms with Crippen LogP contribution in [0.2, 0.25) is 0 Å². The number of benzene rings is 2. The zero-order chi connectivity index (χ0) is 22.2. The number of phenols is 1. The van der Waals surface area contributed by atoms with Crippen LogP contribution >= 0.6 is 0 Å². The zero-order valence-corrected chi connectivity index (χ0v) is 17.7. The maximum absolute atomic E-state index is 13.3. The number of aromatic amines is 1. The fraction of sp³-hybridized carbons (Fsp3) is 0.273. The van der Waals surface area contributed by atoms with Crippen molar-refractivity contribution in [3.63, 3.8) is 0 Å². The molecule has 0 radical (unpaired) electrons. The van der Waals surface area contributed by atoms with Crippen LogP contribution in [0.15, 0.2) is 48.5 Å². The van der Waals surface area contributed by atoms with Crippen molar-refractivity contribution in [1.29, 1.82) is 0 Å². The fourth-order valence-electron chi connectivity index (χ4n) is 3.76. The van der Waals surface area contributed by atoms with Crippen LogP contribution in [0.3, 0.4) is 0 Å². The lowest BCUT2D eigenvalue weighted by molar-refractivity contribution is 0.0674. The van der Waals surface area contributed by atoms with Gasteiger partial charge < -0.3 is 10.0 Å². The molecular weight excluding hydrogens is 421 g/mol. The first-order valence-electron chi connectivity index (χ1n) is 9.84. The van der Waals surface area contributed by atoms with Gasteiger partial charge in [0.05, 0.1) is 17.2 Å². The Kier molecular flexibility index (Phi) is 5.53. The summed E-state index contributed by atoms with van der Waals surface area (Å²) in [6.07, 6.45) is 0.342. The van der Waals surface area contributed by atoms with E-state index in [0.717, 1.165) is 0 Å². The third-order valence-electron chi connectivity index (χ3n) is 5.50. The molecule has 2 N–H and O–H groups in total. The lowest BCUT2D eigenvalue weighted by atomic mass is 10.1. The highest BCUT2D eigenvalue weighted by Gasteiger charge is 2.35. The molecule has 7 nitrogen and oxygen atoms in total. The van der Waals surface area contributed by atoms with Crippen LogP contribution in [0, 0.1) is 12.7 Å². The third kappa shape index (κ3) is 4.46. The van der Waals surface area contributed by atoms with Gasteiger partial charge in [-0.2, -0.15) is 5.10 Å². The summed E-state index contributed by atoms with van der Waals surface area (Å²) in [6, 6.07) is 12.1. The average Bonchev–Trinajstić information content (AvgIpc) is 3.36. The SMILES string of the molecule is Cc1cccc(-c2cc(C(=O)N(Cc3ccc(F)cc3)C3CCS(=O)(=O)C3)[nH]n2)c1O. The minimum Gasteiger partial charge on any atom is -0.507 e. The Hall–Kier alpha value is -3.20. The van der Waals surface area contributed by atoms with Crippen molar-refractivity contribution < 1.29 is 22.7 Å². The van der Waals surface area contributed by atoms with Crippen molar-refractivity contribution in [2.75, 3.05) is 11.5 Å². The van der Waals surface area contributed by atoms with Crippen LogP contribution in [-0.4, -0.2) is 52.1 Å². The van der Waals surface area contributed by atoms with E-state index in [1.807, 2.05) is 0 Å². The molecule has 2 heterocycles. The van der Waals surface area contributed by atoms with Crippen LogP contribution in [-0.2, 0) is 16.4 Å². The average molecular weight is 444 g/mol. The topological polar surface area (TPSA) is 103 Å². The van der Waals surface area contributed by atoms with Gasteiger partial charge in [-0.15, -0.1) is 0 Å². The van der Waals surface area contributed by atoms with Gasteiger partial charge in [0.2, 0.25) is 0 Å². The van der Waals surface area contributed by atoms with Gasteiger partial charge in [0.15, 0.2) is 9.84 Å². The highest BCUT2D eigenvalue weighted by Crippen LogP contribution is 2.31. The van der Waals surface area contributed by atoms with Crippen LogP contribution < -0.4 is 0 Å². The fourth-order valence-corrected chi connectivity index (χ4v) is 5.49. The molecule has 0 saturated carbocycles. The van der Waals surface area contributed by atoms with Crippen LogP contribution in [0.5, 0.6) is 5.75 Å². The number of amides is 1. The first kappa shape index (κ1) is 21.0. The molecule has 1 aliphatic heterocycles. The summed E-state index contributed by atoms with van der Waals surface area (Å²) in [5.74, 6) is -0.799. The molecule has 0 aliphatic carbocycles. The molecule has 1 fully saturated rings. The van der Waals surface area contributed by atoms with E-state index in [9.17, 15) is 22.7 Å². The summed E-state index contributed by atoms with van der Waals surface area (Å²) < 4.78 is 37.3. The van der Waals surface area contributed by atoms with Crippen molar-refractivity contribution in [2.24, 2.45) is 0 Å². The van der Waals surface area contributed by atoms with Crippen LogP contribution in [0.25, 0.3) is 11.3 Å². The Morgan fingerprint density at radius 2 is 2.00 bits per heavy atom. The number of aryl methyl sites for hydroxylation is 1. The molecule has 2 aromatic carbocycles. The van der Waals surface area contributed by atoms with E-state index in [4.69, 9.17) is 0 Å². The summed E-state index contributed by atoms with van der Waals surface area (Å²) in [5.41, 5.74) is 2.45. The number of carbonyl (C=O) groups is 1. The second kappa shape index (κ2) is 8.14. The molecule has 0 bridgehead atoms. The number of hydrogen-bond donors (Lipinski definition) is 2. The summed E-state index contributed by atoms with van der Waals surface area (Å²) >= 11 is 0. The van der Waals surface area contributed by atoms with E-state index < -0.39 is 21.8 Å². The standard InChI is InChI=1S/C22H22FN3O4S/c1-14-3-2-4-18(21(14)27)19-11-20(25-24-19)22(28)26(17-9-10-31(29,30)13-17)12-15-5-7-16(23)8-6-15/h2-8,11,17,27H,9-10,12-13H2,1H3,(H,24,25). The minimum absolute atomic E-state index is 0.0241. The largest absolute Gasteiger partial charge is 0.507 e. The first-order chi connectivity index (χ1) is 14.7. The minimum atomic E-state index is -3.22. The van der Waals surface area contributed by atoms with Gasteiger partial charge in [-0.05, 0) is 48.7 Å². The van der Waals surface area contributed by atoms with E-state index in [1.54, 1.807) is 37.3 Å².